The number of hydrogen-bond donors (Lipinski definition) is 2. The zero-order chi connectivity index (χ0) is 25.5. The van der Waals surface area contributed by atoms with E-state index < -0.39 is 12.4 Å². The lowest BCUT2D eigenvalue weighted by atomic mass is 9.46. The summed E-state index contributed by atoms with van der Waals surface area (Å²) in [5.41, 5.74) is -0.108. The monoisotopic (exact) mass is 503 g/mol. The maximum atomic E-state index is 13.2. The number of ether oxygens (including phenoxy) is 2. The van der Waals surface area contributed by atoms with Gasteiger partial charge in [0.2, 0.25) is 5.91 Å². The van der Waals surface area contributed by atoms with Crippen molar-refractivity contribution in [3.8, 4) is 0 Å². The van der Waals surface area contributed by atoms with Crippen molar-refractivity contribution in [1.82, 2.24) is 15.4 Å². The van der Waals surface area contributed by atoms with Crippen LogP contribution in [0.2, 0.25) is 0 Å². The number of amides is 2. The van der Waals surface area contributed by atoms with E-state index >= 15 is 0 Å². The number of aliphatic hydroxyl groups excluding tert-OH is 1. The third kappa shape index (κ3) is 4.70. The van der Waals surface area contributed by atoms with Gasteiger partial charge in [0.1, 0.15) is 5.76 Å². The smallest absolute Gasteiger partial charge is 0.273 e. The first-order chi connectivity index (χ1) is 17.2. The first-order valence-electron chi connectivity index (χ1n) is 13.6. The Balaban J connectivity index is 1.23. The van der Waals surface area contributed by atoms with Gasteiger partial charge in [0.15, 0.2) is 12.0 Å². The predicted octanol–water partition coefficient (Wildman–Crippen LogP) is 3.05. The molecule has 200 valence electrons. The molecule has 0 unspecified atom stereocenters. The van der Waals surface area contributed by atoms with Gasteiger partial charge in [0, 0.05) is 31.0 Å². The molecule has 2 saturated heterocycles. The minimum atomic E-state index is -0.518. The van der Waals surface area contributed by atoms with Crippen LogP contribution in [0.25, 0.3) is 0 Å². The summed E-state index contributed by atoms with van der Waals surface area (Å²) in [6.45, 7) is 8.73. The lowest BCUT2D eigenvalue weighted by Crippen LogP contribution is -2.63. The molecule has 2 amide bonds. The molecule has 9 nitrogen and oxygen atoms in total. The van der Waals surface area contributed by atoms with Crippen LogP contribution in [0.4, 0.5) is 0 Å². The van der Waals surface area contributed by atoms with Gasteiger partial charge in [-0.2, -0.15) is 0 Å². The van der Waals surface area contributed by atoms with Crippen LogP contribution in [0.3, 0.4) is 0 Å². The number of hydrogen-bond acceptors (Lipinski definition) is 7. The Kier molecular flexibility index (Phi) is 7.18. The number of nitrogens with zero attached hydrogens (tertiary/aromatic N) is 2. The fourth-order valence-corrected chi connectivity index (χ4v) is 7.59. The number of carbonyl (C=O) groups excluding carboxylic acids is 2. The van der Waals surface area contributed by atoms with Crippen molar-refractivity contribution in [1.29, 1.82) is 0 Å². The van der Waals surface area contributed by atoms with Crippen LogP contribution in [0.5, 0.6) is 0 Å². The minimum absolute atomic E-state index is 0.00853. The molecule has 36 heavy (non-hydrogen) atoms. The average molecular weight is 504 g/mol. The van der Waals surface area contributed by atoms with Crippen LogP contribution < -0.4 is 5.32 Å². The lowest BCUT2D eigenvalue weighted by Gasteiger charge is -2.63. The standard InChI is InChI=1S/C27H41N3O6/c1-17-13-19(29-36-17)25(33)28-15-24-34-16-27(3)21-8-7-20(31)18(26(21,2)10-9-22(27)35-24)14-23(32)30-11-5-4-6-12-30/h13,18,20-22,24,31H,4-12,14-16H2,1-3H3,(H,28,33)/t18-,20-,21+,22-,24-,26+,27+/m1/s1. The van der Waals surface area contributed by atoms with Crippen LogP contribution in [0.1, 0.15) is 81.5 Å². The molecular formula is C27H41N3O6. The van der Waals surface area contributed by atoms with Crippen molar-refractivity contribution in [2.45, 2.75) is 90.6 Å². The molecule has 4 fully saturated rings. The fourth-order valence-electron chi connectivity index (χ4n) is 7.59. The predicted molar refractivity (Wildman–Crippen MR) is 131 cm³/mol. The summed E-state index contributed by atoms with van der Waals surface area (Å²) >= 11 is 0. The highest BCUT2D eigenvalue weighted by molar-refractivity contribution is 5.92. The molecule has 3 heterocycles. The van der Waals surface area contributed by atoms with E-state index in [1.807, 2.05) is 4.90 Å². The normalized spacial score (nSPS) is 38.7. The zero-order valence-electron chi connectivity index (χ0n) is 21.8. The molecule has 2 N–H and O–H groups in total. The molecular weight excluding hydrogens is 462 g/mol. The van der Waals surface area contributed by atoms with Gasteiger partial charge >= 0.3 is 0 Å². The molecule has 1 aromatic rings. The fraction of sp³-hybridized carbons (Fsp3) is 0.815. The molecule has 9 heteroatoms. The highest BCUT2D eigenvalue weighted by atomic mass is 16.7. The maximum absolute atomic E-state index is 13.2. The van der Waals surface area contributed by atoms with Crippen molar-refractivity contribution in [2.24, 2.45) is 22.7 Å². The van der Waals surface area contributed by atoms with Crippen molar-refractivity contribution in [2.75, 3.05) is 26.2 Å². The van der Waals surface area contributed by atoms with Crippen LogP contribution in [0.15, 0.2) is 10.6 Å². The second kappa shape index (κ2) is 10.1. The van der Waals surface area contributed by atoms with E-state index in [-0.39, 0.29) is 46.9 Å². The number of aryl methyl sites for hydroxylation is 1. The molecule has 2 saturated carbocycles. The molecule has 0 aromatic carbocycles. The average Bonchev–Trinajstić information content (AvgIpc) is 3.31. The SMILES string of the molecule is Cc1cc(C(=O)NC[C@@H]2OC[C@@]3(C)[C@H]4CC[C@@H](O)[C@@H](CC(=O)N5CCCCC5)[C@]4(C)CC[C@H]3O2)no1. The van der Waals surface area contributed by atoms with Crippen LogP contribution in [0, 0.1) is 29.6 Å². The third-order valence-corrected chi connectivity index (χ3v) is 9.62. The summed E-state index contributed by atoms with van der Waals surface area (Å²) in [6, 6.07) is 1.60. The van der Waals surface area contributed by atoms with Gasteiger partial charge in [-0.3, -0.25) is 9.59 Å². The molecule has 0 radical (unpaired) electrons. The first-order valence-corrected chi connectivity index (χ1v) is 13.6. The number of aromatic nitrogens is 1. The minimum Gasteiger partial charge on any atom is -0.393 e. The van der Waals surface area contributed by atoms with E-state index in [0.717, 1.165) is 45.2 Å². The number of nitrogens with one attached hydrogen (secondary N) is 1. The van der Waals surface area contributed by atoms with Gasteiger partial charge in [0.05, 0.1) is 25.4 Å². The second-order valence-electron chi connectivity index (χ2n) is 11.9. The third-order valence-electron chi connectivity index (χ3n) is 9.62. The maximum Gasteiger partial charge on any atom is 0.273 e. The first kappa shape index (κ1) is 25.7. The topological polar surface area (TPSA) is 114 Å². The molecule has 0 spiro atoms. The second-order valence-corrected chi connectivity index (χ2v) is 11.9. The Labute approximate surface area is 213 Å². The van der Waals surface area contributed by atoms with Gasteiger partial charge in [-0.05, 0) is 69.1 Å². The van der Waals surface area contributed by atoms with E-state index in [1.165, 1.54) is 6.42 Å². The van der Waals surface area contributed by atoms with Gasteiger partial charge in [-0.25, -0.2) is 0 Å². The van der Waals surface area contributed by atoms with Crippen molar-refractivity contribution >= 4 is 11.8 Å². The molecule has 7 atom stereocenters. The number of likely N-dealkylation sites (tertiary alicyclic amines) is 1. The van der Waals surface area contributed by atoms with Gasteiger partial charge in [0.25, 0.3) is 5.91 Å². The highest BCUT2D eigenvalue weighted by Crippen LogP contribution is 2.62. The molecule has 2 aliphatic carbocycles. The number of fused-ring (bicyclic) bond motifs is 3. The zero-order valence-corrected chi connectivity index (χ0v) is 21.8. The Morgan fingerprint density at radius 2 is 1.94 bits per heavy atom. The summed E-state index contributed by atoms with van der Waals surface area (Å²) in [4.78, 5) is 27.5. The Morgan fingerprint density at radius 1 is 1.17 bits per heavy atom. The van der Waals surface area contributed by atoms with E-state index in [9.17, 15) is 14.7 Å². The van der Waals surface area contributed by atoms with E-state index in [4.69, 9.17) is 14.0 Å². The largest absolute Gasteiger partial charge is 0.393 e. The van der Waals surface area contributed by atoms with Crippen LogP contribution in [-0.2, 0) is 14.3 Å². The molecule has 4 aliphatic rings. The van der Waals surface area contributed by atoms with Gasteiger partial charge in [-0.1, -0.05) is 19.0 Å². The number of piperidine rings is 1. The summed E-state index contributed by atoms with van der Waals surface area (Å²) < 4.78 is 17.5. The van der Waals surface area contributed by atoms with Gasteiger partial charge in [-0.15, -0.1) is 0 Å². The quantitative estimate of drug-likeness (QED) is 0.635. The van der Waals surface area contributed by atoms with Crippen molar-refractivity contribution < 1.29 is 28.7 Å². The van der Waals surface area contributed by atoms with Crippen molar-refractivity contribution in [3.63, 3.8) is 0 Å². The van der Waals surface area contributed by atoms with Crippen LogP contribution in [-0.4, -0.2) is 71.7 Å². The Hall–Kier alpha value is -1.97. The van der Waals surface area contributed by atoms with E-state index in [0.29, 0.717) is 31.1 Å². The summed E-state index contributed by atoms with van der Waals surface area (Å²) in [5, 5.41) is 17.7. The Morgan fingerprint density at radius 3 is 2.67 bits per heavy atom. The molecule has 1 aromatic heterocycles. The number of aliphatic hydroxyl groups is 1. The molecule has 0 bridgehead atoms. The lowest BCUT2D eigenvalue weighted by molar-refractivity contribution is -0.306. The summed E-state index contributed by atoms with van der Waals surface area (Å²) in [6.07, 6.45) is 6.17. The van der Waals surface area contributed by atoms with Crippen LogP contribution >= 0.6 is 0 Å². The van der Waals surface area contributed by atoms with Gasteiger partial charge < -0.3 is 29.3 Å². The molecule has 2 aliphatic heterocycles. The summed E-state index contributed by atoms with van der Waals surface area (Å²) in [7, 11) is 0. The molecule has 5 rings (SSSR count). The highest BCUT2D eigenvalue weighted by Gasteiger charge is 2.61. The van der Waals surface area contributed by atoms with E-state index in [2.05, 4.69) is 24.3 Å². The van der Waals surface area contributed by atoms with E-state index in [1.54, 1.807) is 13.0 Å². The summed E-state index contributed by atoms with van der Waals surface area (Å²) in [5.74, 6) is 0.708. The number of rotatable bonds is 5. The Bertz CT molecular complexity index is 961. The van der Waals surface area contributed by atoms with Crippen molar-refractivity contribution in [3.05, 3.63) is 17.5 Å². The number of carbonyl (C=O) groups is 2.